The molecular formula is C13H17BrF3N3O. The number of hydrogen-bond donors (Lipinski definition) is 1. The van der Waals surface area contributed by atoms with Gasteiger partial charge in [0.1, 0.15) is 5.69 Å². The summed E-state index contributed by atoms with van der Waals surface area (Å²) in [4.78, 5) is 12.2. The molecule has 0 bridgehead atoms. The van der Waals surface area contributed by atoms with Crippen molar-refractivity contribution in [3.05, 3.63) is 15.9 Å². The van der Waals surface area contributed by atoms with Crippen molar-refractivity contribution in [1.82, 2.24) is 15.1 Å². The largest absolute Gasteiger partial charge is 0.391 e. The second kappa shape index (κ2) is 5.98. The molecule has 1 fully saturated rings. The SMILES string of the molecule is Cc1nn(C)c(C(=O)NC2CCC(C(F)(F)F)CC2)c1Br. The summed E-state index contributed by atoms with van der Waals surface area (Å²) >= 11 is 3.31. The number of aryl methyl sites for hydroxylation is 2. The highest BCUT2D eigenvalue weighted by Crippen LogP contribution is 2.37. The Bertz CT molecular complexity index is 533. The van der Waals surface area contributed by atoms with E-state index < -0.39 is 12.1 Å². The number of amides is 1. The van der Waals surface area contributed by atoms with Gasteiger partial charge in [0.05, 0.1) is 16.1 Å². The van der Waals surface area contributed by atoms with Gasteiger partial charge < -0.3 is 5.32 Å². The molecule has 1 N–H and O–H groups in total. The van der Waals surface area contributed by atoms with Crippen molar-refractivity contribution in [3.8, 4) is 0 Å². The maximum absolute atomic E-state index is 12.6. The lowest BCUT2D eigenvalue weighted by molar-refractivity contribution is -0.182. The molecule has 0 aliphatic heterocycles. The van der Waals surface area contributed by atoms with Crippen LogP contribution in [0.15, 0.2) is 4.47 Å². The summed E-state index contributed by atoms with van der Waals surface area (Å²) in [6.07, 6.45) is -3.29. The van der Waals surface area contributed by atoms with E-state index in [4.69, 9.17) is 0 Å². The smallest absolute Gasteiger partial charge is 0.348 e. The Morgan fingerprint density at radius 1 is 1.33 bits per heavy atom. The molecule has 1 aliphatic carbocycles. The minimum Gasteiger partial charge on any atom is -0.348 e. The van der Waals surface area contributed by atoms with Crippen molar-refractivity contribution in [2.24, 2.45) is 13.0 Å². The Labute approximate surface area is 129 Å². The summed E-state index contributed by atoms with van der Waals surface area (Å²) in [6, 6.07) is -0.210. The van der Waals surface area contributed by atoms with Gasteiger partial charge in [-0.05, 0) is 48.5 Å². The van der Waals surface area contributed by atoms with Crippen LogP contribution in [-0.2, 0) is 7.05 Å². The number of carbonyl (C=O) groups is 1. The number of nitrogens with zero attached hydrogens (tertiary/aromatic N) is 2. The maximum atomic E-state index is 12.6. The van der Waals surface area contributed by atoms with E-state index in [-0.39, 0.29) is 24.8 Å². The Hall–Kier alpha value is -1.05. The van der Waals surface area contributed by atoms with E-state index in [1.54, 1.807) is 14.0 Å². The lowest BCUT2D eigenvalue weighted by Crippen LogP contribution is -2.40. The van der Waals surface area contributed by atoms with Crippen LogP contribution in [0.4, 0.5) is 13.2 Å². The van der Waals surface area contributed by atoms with E-state index >= 15 is 0 Å². The minimum absolute atomic E-state index is 0.0695. The molecule has 0 aromatic carbocycles. The van der Waals surface area contributed by atoms with Gasteiger partial charge in [-0.15, -0.1) is 0 Å². The molecule has 1 heterocycles. The zero-order valence-electron chi connectivity index (χ0n) is 11.8. The number of carbonyl (C=O) groups excluding carboxylic acids is 1. The van der Waals surface area contributed by atoms with Gasteiger partial charge in [0.25, 0.3) is 5.91 Å². The summed E-state index contributed by atoms with van der Waals surface area (Å²) < 4.78 is 39.9. The molecule has 1 aliphatic rings. The molecule has 21 heavy (non-hydrogen) atoms. The van der Waals surface area contributed by atoms with Gasteiger partial charge in [-0.25, -0.2) is 0 Å². The van der Waals surface area contributed by atoms with Crippen molar-refractivity contribution in [2.45, 2.75) is 44.8 Å². The van der Waals surface area contributed by atoms with Crippen LogP contribution >= 0.6 is 15.9 Å². The lowest BCUT2D eigenvalue weighted by Gasteiger charge is -2.30. The van der Waals surface area contributed by atoms with Gasteiger partial charge in [0, 0.05) is 13.1 Å². The van der Waals surface area contributed by atoms with Crippen LogP contribution in [0.25, 0.3) is 0 Å². The molecule has 0 atom stereocenters. The summed E-state index contributed by atoms with van der Waals surface area (Å²) in [5.41, 5.74) is 1.09. The summed E-state index contributed by atoms with van der Waals surface area (Å²) in [6.45, 7) is 1.77. The second-order valence-electron chi connectivity index (χ2n) is 5.44. The van der Waals surface area contributed by atoms with Gasteiger partial charge in [-0.1, -0.05) is 0 Å². The lowest BCUT2D eigenvalue weighted by atomic mass is 9.85. The van der Waals surface area contributed by atoms with Crippen molar-refractivity contribution < 1.29 is 18.0 Å². The molecule has 1 aromatic heterocycles. The van der Waals surface area contributed by atoms with Crippen LogP contribution in [0.3, 0.4) is 0 Å². The zero-order chi connectivity index (χ0) is 15.8. The molecule has 1 aromatic rings. The monoisotopic (exact) mass is 367 g/mol. The van der Waals surface area contributed by atoms with Gasteiger partial charge in [0.2, 0.25) is 0 Å². The van der Waals surface area contributed by atoms with E-state index in [1.807, 2.05) is 0 Å². The molecule has 0 radical (unpaired) electrons. The highest BCUT2D eigenvalue weighted by Gasteiger charge is 2.41. The molecule has 0 unspecified atom stereocenters. The Kier molecular flexibility index (Phi) is 4.65. The molecule has 118 valence electrons. The average Bonchev–Trinajstić information content (AvgIpc) is 2.62. The predicted molar refractivity (Wildman–Crippen MR) is 74.9 cm³/mol. The first-order chi connectivity index (χ1) is 9.70. The van der Waals surface area contributed by atoms with Crippen LogP contribution in [-0.4, -0.2) is 27.9 Å². The topological polar surface area (TPSA) is 46.9 Å². The number of halogens is 4. The first-order valence-electron chi connectivity index (χ1n) is 6.76. The minimum atomic E-state index is -4.13. The van der Waals surface area contributed by atoms with Crippen molar-refractivity contribution in [2.75, 3.05) is 0 Å². The van der Waals surface area contributed by atoms with E-state index in [2.05, 4.69) is 26.3 Å². The average molecular weight is 368 g/mol. The number of rotatable bonds is 2. The predicted octanol–water partition coefficient (Wildman–Crippen LogP) is 3.34. The van der Waals surface area contributed by atoms with Crippen LogP contribution in [0, 0.1) is 12.8 Å². The van der Waals surface area contributed by atoms with Gasteiger partial charge in [0.15, 0.2) is 0 Å². The van der Waals surface area contributed by atoms with E-state index in [1.165, 1.54) is 4.68 Å². The first kappa shape index (κ1) is 16.3. The fourth-order valence-corrected chi connectivity index (χ4v) is 3.21. The first-order valence-corrected chi connectivity index (χ1v) is 7.56. The number of aromatic nitrogens is 2. The summed E-state index contributed by atoms with van der Waals surface area (Å²) in [7, 11) is 1.66. The zero-order valence-corrected chi connectivity index (χ0v) is 13.4. The summed E-state index contributed by atoms with van der Waals surface area (Å²) in [5, 5.41) is 6.93. The third-order valence-electron chi connectivity index (χ3n) is 3.89. The normalized spacial score (nSPS) is 23.1. The van der Waals surface area contributed by atoms with Gasteiger partial charge >= 0.3 is 6.18 Å². The molecule has 0 saturated heterocycles. The van der Waals surface area contributed by atoms with Crippen molar-refractivity contribution in [1.29, 1.82) is 0 Å². The molecular weight excluding hydrogens is 351 g/mol. The Balaban J connectivity index is 1.96. The molecule has 1 saturated carbocycles. The van der Waals surface area contributed by atoms with Crippen LogP contribution in [0.5, 0.6) is 0 Å². The standard InChI is InChI=1S/C13H17BrF3N3O/c1-7-10(14)11(20(2)19-7)12(21)18-9-5-3-8(4-6-9)13(15,16)17/h8-9H,3-6H2,1-2H3,(H,18,21). The van der Waals surface area contributed by atoms with Crippen LogP contribution in [0.1, 0.15) is 41.9 Å². The third-order valence-corrected chi connectivity index (χ3v) is 4.84. The third kappa shape index (κ3) is 3.59. The Morgan fingerprint density at radius 3 is 2.33 bits per heavy atom. The molecule has 4 nitrogen and oxygen atoms in total. The Morgan fingerprint density at radius 2 is 1.90 bits per heavy atom. The highest BCUT2D eigenvalue weighted by atomic mass is 79.9. The number of hydrogen-bond acceptors (Lipinski definition) is 2. The van der Waals surface area contributed by atoms with Crippen LogP contribution < -0.4 is 5.32 Å². The molecule has 8 heteroatoms. The fraction of sp³-hybridized carbons (Fsp3) is 0.692. The molecule has 2 rings (SSSR count). The van der Waals surface area contributed by atoms with Crippen molar-refractivity contribution in [3.63, 3.8) is 0 Å². The second-order valence-corrected chi connectivity index (χ2v) is 6.23. The van der Waals surface area contributed by atoms with Gasteiger partial charge in [-0.2, -0.15) is 18.3 Å². The molecule has 0 spiro atoms. The van der Waals surface area contributed by atoms with E-state index in [0.29, 0.717) is 28.7 Å². The fourth-order valence-electron chi connectivity index (χ4n) is 2.70. The quantitative estimate of drug-likeness (QED) is 0.871. The van der Waals surface area contributed by atoms with E-state index in [9.17, 15) is 18.0 Å². The van der Waals surface area contributed by atoms with Crippen molar-refractivity contribution >= 4 is 21.8 Å². The number of alkyl halides is 3. The number of nitrogens with one attached hydrogen (secondary N) is 1. The summed E-state index contributed by atoms with van der Waals surface area (Å²) in [5.74, 6) is -1.54. The van der Waals surface area contributed by atoms with Crippen LogP contribution in [0.2, 0.25) is 0 Å². The maximum Gasteiger partial charge on any atom is 0.391 e. The molecule has 1 amide bonds. The van der Waals surface area contributed by atoms with Gasteiger partial charge in [-0.3, -0.25) is 9.48 Å². The van der Waals surface area contributed by atoms with E-state index in [0.717, 1.165) is 0 Å². The highest BCUT2D eigenvalue weighted by molar-refractivity contribution is 9.10.